The third kappa shape index (κ3) is 3.04. The molecule has 2 aliphatic heterocycles. The molecule has 180 valence electrons. The van der Waals surface area contributed by atoms with Gasteiger partial charge in [0, 0.05) is 51.4 Å². The molecule has 2 aromatic heterocycles. The Labute approximate surface area is 220 Å². The summed E-state index contributed by atoms with van der Waals surface area (Å²) in [6.07, 6.45) is 5.80. The van der Waals surface area contributed by atoms with Crippen molar-refractivity contribution in [3.63, 3.8) is 0 Å². The van der Waals surface area contributed by atoms with Crippen molar-refractivity contribution in [1.29, 1.82) is 0 Å². The van der Waals surface area contributed by atoms with Crippen LogP contribution in [-0.2, 0) is 0 Å². The first kappa shape index (κ1) is 21.2. The molecule has 0 aliphatic carbocycles. The summed E-state index contributed by atoms with van der Waals surface area (Å²) in [6, 6.07) is 38.8. The molecular formula is C34H24N4. The Morgan fingerprint density at radius 3 is 2.24 bits per heavy atom. The number of rotatable bonds is 2. The van der Waals surface area contributed by atoms with E-state index in [0.29, 0.717) is 0 Å². The zero-order chi connectivity index (χ0) is 25.1. The maximum Gasteiger partial charge on any atom is 0.0949 e. The van der Waals surface area contributed by atoms with E-state index in [9.17, 15) is 0 Å². The Bertz CT molecular complexity index is 1910. The maximum atomic E-state index is 5.05. The van der Waals surface area contributed by atoms with Gasteiger partial charge in [-0.05, 0) is 67.4 Å². The molecule has 4 heteroatoms. The molecule has 0 saturated carbocycles. The minimum atomic E-state index is 0.916. The van der Waals surface area contributed by atoms with Gasteiger partial charge in [-0.1, -0.05) is 54.6 Å². The first-order valence-corrected chi connectivity index (χ1v) is 13.1. The van der Waals surface area contributed by atoms with Gasteiger partial charge < -0.3 is 9.47 Å². The molecule has 38 heavy (non-hydrogen) atoms. The van der Waals surface area contributed by atoms with Gasteiger partial charge in [0.1, 0.15) is 0 Å². The molecule has 0 amide bonds. The molecule has 6 aromatic rings. The van der Waals surface area contributed by atoms with Gasteiger partial charge in [0.2, 0.25) is 0 Å². The predicted molar refractivity (Wildman–Crippen MR) is 157 cm³/mol. The van der Waals surface area contributed by atoms with Crippen molar-refractivity contribution in [2.75, 3.05) is 4.90 Å². The van der Waals surface area contributed by atoms with Crippen molar-refractivity contribution in [3.05, 3.63) is 127 Å². The smallest absolute Gasteiger partial charge is 0.0949 e. The summed E-state index contributed by atoms with van der Waals surface area (Å²) in [7, 11) is 0. The van der Waals surface area contributed by atoms with E-state index in [1.165, 1.54) is 27.5 Å². The Kier molecular flexibility index (Phi) is 4.61. The van der Waals surface area contributed by atoms with Gasteiger partial charge in [0.15, 0.2) is 0 Å². The predicted octanol–water partition coefficient (Wildman–Crippen LogP) is 8.53. The second-order valence-electron chi connectivity index (χ2n) is 9.79. The van der Waals surface area contributed by atoms with Gasteiger partial charge in [-0.3, -0.25) is 9.98 Å². The van der Waals surface area contributed by atoms with Crippen LogP contribution in [0.15, 0.2) is 126 Å². The molecule has 0 bridgehead atoms. The summed E-state index contributed by atoms with van der Waals surface area (Å²) in [5.74, 6) is 0. The number of aliphatic imine (C=N–C) groups is 1. The van der Waals surface area contributed by atoms with Crippen molar-refractivity contribution in [3.8, 4) is 16.9 Å². The molecule has 0 saturated heterocycles. The number of fused-ring (bicyclic) bond motifs is 7. The van der Waals surface area contributed by atoms with Crippen molar-refractivity contribution in [1.82, 2.24) is 9.55 Å². The zero-order valence-corrected chi connectivity index (χ0v) is 20.8. The van der Waals surface area contributed by atoms with Gasteiger partial charge in [-0.15, -0.1) is 0 Å². The topological polar surface area (TPSA) is 33.4 Å². The van der Waals surface area contributed by atoms with E-state index in [-0.39, 0.29) is 0 Å². The lowest BCUT2D eigenvalue weighted by Crippen LogP contribution is -2.19. The molecule has 0 spiro atoms. The largest absolute Gasteiger partial charge is 0.310 e. The fourth-order valence-electron chi connectivity index (χ4n) is 6.06. The standard InChI is InChI=1S/C34H24N4/c1-3-11-23(12-4-1)37-29-16-8-7-15-25(29)26-21-27-28(22-32(26)37)34-31(18-10-20-36-34)38(24-13-5-2-6-14-24)30-17-9-19-35-33(27)30/h1-9,11-17,19-22H,10,18H2. The average molecular weight is 489 g/mol. The van der Waals surface area contributed by atoms with Crippen molar-refractivity contribution in [2.24, 2.45) is 4.99 Å². The molecule has 4 nitrogen and oxygen atoms in total. The molecule has 8 rings (SSSR count). The number of hydrogen-bond acceptors (Lipinski definition) is 3. The first-order chi connectivity index (χ1) is 18.9. The van der Waals surface area contributed by atoms with Crippen LogP contribution in [0, 0.1) is 0 Å². The number of para-hydroxylation sites is 3. The molecule has 0 unspecified atom stereocenters. The SMILES string of the molecule is C1=NC2=C(CC1)N(c1ccccc1)c1cccnc1-c1cc3c4ccccc4n(-c4ccccc4)c3cc12. The highest BCUT2D eigenvalue weighted by Crippen LogP contribution is 2.48. The summed E-state index contributed by atoms with van der Waals surface area (Å²) in [6.45, 7) is 0. The molecule has 0 fully saturated rings. The third-order valence-corrected chi connectivity index (χ3v) is 7.65. The van der Waals surface area contributed by atoms with E-state index < -0.39 is 0 Å². The van der Waals surface area contributed by atoms with Crippen LogP contribution < -0.4 is 4.90 Å². The monoisotopic (exact) mass is 488 g/mol. The molecule has 2 aliphatic rings. The lowest BCUT2D eigenvalue weighted by molar-refractivity contribution is 0.951. The van der Waals surface area contributed by atoms with Crippen LogP contribution in [0.3, 0.4) is 0 Å². The normalized spacial score (nSPS) is 14.4. The Balaban J connectivity index is 1.52. The Hall–Kier alpha value is -4.96. The van der Waals surface area contributed by atoms with Gasteiger partial charge >= 0.3 is 0 Å². The number of nitrogens with zero attached hydrogens (tertiary/aromatic N) is 4. The summed E-state index contributed by atoms with van der Waals surface area (Å²) >= 11 is 0. The average Bonchev–Trinajstić information content (AvgIpc) is 3.25. The van der Waals surface area contributed by atoms with Gasteiger partial charge in [0.05, 0.1) is 28.1 Å². The molecule has 0 atom stereocenters. The van der Waals surface area contributed by atoms with Crippen LogP contribution in [0.5, 0.6) is 0 Å². The van der Waals surface area contributed by atoms with E-state index >= 15 is 0 Å². The number of allylic oxidation sites excluding steroid dienone is 1. The molecule has 0 radical (unpaired) electrons. The number of pyridine rings is 1. The Morgan fingerprint density at radius 2 is 1.39 bits per heavy atom. The van der Waals surface area contributed by atoms with E-state index in [1.54, 1.807) is 0 Å². The van der Waals surface area contributed by atoms with Gasteiger partial charge in [-0.25, -0.2) is 0 Å². The highest BCUT2D eigenvalue weighted by molar-refractivity contribution is 6.13. The van der Waals surface area contributed by atoms with Crippen LogP contribution in [0.2, 0.25) is 0 Å². The molecular weight excluding hydrogens is 464 g/mol. The van der Waals surface area contributed by atoms with Crippen LogP contribution in [0.25, 0.3) is 44.4 Å². The Morgan fingerprint density at radius 1 is 0.632 bits per heavy atom. The van der Waals surface area contributed by atoms with Crippen LogP contribution >= 0.6 is 0 Å². The summed E-state index contributed by atoms with van der Waals surface area (Å²) in [5, 5.41) is 2.45. The van der Waals surface area contributed by atoms with Crippen molar-refractivity contribution in [2.45, 2.75) is 12.8 Å². The number of aromatic nitrogens is 2. The number of benzene rings is 4. The van der Waals surface area contributed by atoms with Crippen LogP contribution in [-0.4, -0.2) is 15.8 Å². The fraction of sp³-hybridized carbons (Fsp3) is 0.0588. The number of anilines is 2. The van der Waals surface area contributed by atoms with Crippen LogP contribution in [0.1, 0.15) is 18.4 Å². The molecule has 4 aromatic carbocycles. The highest BCUT2D eigenvalue weighted by Gasteiger charge is 2.30. The lowest BCUT2D eigenvalue weighted by atomic mass is 9.96. The molecule has 4 heterocycles. The fourth-order valence-corrected chi connectivity index (χ4v) is 6.06. The summed E-state index contributed by atoms with van der Waals surface area (Å²) in [5.41, 5.74) is 11.2. The van der Waals surface area contributed by atoms with Gasteiger partial charge in [-0.2, -0.15) is 0 Å². The molecule has 0 N–H and O–H groups in total. The first-order valence-electron chi connectivity index (χ1n) is 13.1. The van der Waals surface area contributed by atoms with Gasteiger partial charge in [0.25, 0.3) is 0 Å². The minimum absolute atomic E-state index is 0.916. The van der Waals surface area contributed by atoms with Crippen molar-refractivity contribution >= 4 is 45.1 Å². The van der Waals surface area contributed by atoms with Crippen LogP contribution in [0.4, 0.5) is 11.4 Å². The number of hydrogen-bond donors (Lipinski definition) is 0. The lowest BCUT2D eigenvalue weighted by Gasteiger charge is -2.29. The zero-order valence-electron chi connectivity index (χ0n) is 20.8. The second kappa shape index (κ2) is 8.29. The second-order valence-corrected chi connectivity index (χ2v) is 9.79. The maximum absolute atomic E-state index is 5.05. The summed E-state index contributed by atoms with van der Waals surface area (Å²) < 4.78 is 2.37. The minimum Gasteiger partial charge on any atom is -0.310 e. The van der Waals surface area contributed by atoms with E-state index in [0.717, 1.165) is 52.4 Å². The quantitative estimate of drug-likeness (QED) is 0.245. The highest BCUT2D eigenvalue weighted by atomic mass is 15.2. The third-order valence-electron chi connectivity index (χ3n) is 7.65. The summed E-state index contributed by atoms with van der Waals surface area (Å²) in [4.78, 5) is 12.4. The van der Waals surface area contributed by atoms with E-state index in [2.05, 4.69) is 119 Å². The van der Waals surface area contributed by atoms with E-state index in [4.69, 9.17) is 9.98 Å². The van der Waals surface area contributed by atoms with Crippen molar-refractivity contribution < 1.29 is 0 Å². The van der Waals surface area contributed by atoms with E-state index in [1.807, 2.05) is 12.3 Å².